The highest BCUT2D eigenvalue weighted by molar-refractivity contribution is 6.32. The first-order valence-corrected chi connectivity index (χ1v) is 12.1. The Morgan fingerprint density at radius 1 is 1.11 bits per heavy atom. The van der Waals surface area contributed by atoms with Crippen LogP contribution >= 0.6 is 11.6 Å². The van der Waals surface area contributed by atoms with Crippen LogP contribution in [0.4, 0.5) is 21.6 Å². The lowest BCUT2D eigenvalue weighted by molar-refractivity contribution is -0.111. The van der Waals surface area contributed by atoms with Gasteiger partial charge in [0.2, 0.25) is 5.91 Å². The fourth-order valence-corrected chi connectivity index (χ4v) is 3.85. The Balaban J connectivity index is 1.54. The first-order valence-electron chi connectivity index (χ1n) is 11.7. The van der Waals surface area contributed by atoms with Crippen LogP contribution in [0.25, 0.3) is 10.9 Å². The molecule has 0 saturated carbocycles. The maximum absolute atomic E-state index is 13.4. The van der Waals surface area contributed by atoms with Gasteiger partial charge in [0, 0.05) is 29.8 Å². The van der Waals surface area contributed by atoms with Crippen LogP contribution in [-0.2, 0) is 11.4 Å². The molecule has 2 N–H and O–H groups in total. The minimum absolute atomic E-state index is 0.182. The number of benzene rings is 3. The third kappa shape index (κ3) is 6.96. The number of hydrogen-bond acceptors (Lipinski definition) is 7. The molecular weight excluding hydrogens is 509 g/mol. The molecular formula is C28H27ClFN5O3. The molecule has 0 aliphatic heterocycles. The SMILES string of the molecule is COc1cc2ncnc(Nc3ccc(OCc4cccc(F)c4)c(Cl)c3)c2cc1NC(=O)C=CCN(C)C. The quantitative estimate of drug-likeness (QED) is 0.248. The van der Waals surface area contributed by atoms with E-state index >= 15 is 0 Å². The zero-order valence-electron chi connectivity index (χ0n) is 21.2. The van der Waals surface area contributed by atoms with E-state index in [4.69, 9.17) is 21.1 Å². The van der Waals surface area contributed by atoms with Crippen molar-refractivity contribution in [3.8, 4) is 11.5 Å². The van der Waals surface area contributed by atoms with E-state index in [0.29, 0.717) is 56.7 Å². The molecule has 1 amide bonds. The summed E-state index contributed by atoms with van der Waals surface area (Å²) in [6.45, 7) is 0.822. The van der Waals surface area contributed by atoms with Crippen LogP contribution in [0.15, 0.2) is 73.1 Å². The minimum Gasteiger partial charge on any atom is -0.494 e. The number of carbonyl (C=O) groups is 1. The second-order valence-electron chi connectivity index (χ2n) is 8.63. The lowest BCUT2D eigenvalue weighted by Gasteiger charge is -2.14. The summed E-state index contributed by atoms with van der Waals surface area (Å²) in [4.78, 5) is 23.1. The number of anilines is 3. The monoisotopic (exact) mass is 535 g/mol. The molecule has 0 atom stereocenters. The summed E-state index contributed by atoms with van der Waals surface area (Å²) in [7, 11) is 5.37. The average Bonchev–Trinajstić information content (AvgIpc) is 2.88. The molecule has 0 aliphatic rings. The van der Waals surface area contributed by atoms with E-state index in [-0.39, 0.29) is 18.3 Å². The second kappa shape index (κ2) is 12.4. The van der Waals surface area contributed by atoms with Crippen LogP contribution in [0.5, 0.6) is 11.5 Å². The van der Waals surface area contributed by atoms with E-state index in [9.17, 15) is 9.18 Å². The highest BCUT2D eigenvalue weighted by Gasteiger charge is 2.13. The van der Waals surface area contributed by atoms with Gasteiger partial charge >= 0.3 is 0 Å². The Morgan fingerprint density at radius 2 is 1.95 bits per heavy atom. The Bertz CT molecular complexity index is 1480. The summed E-state index contributed by atoms with van der Waals surface area (Å²) in [6.07, 6.45) is 4.68. The fraction of sp³-hybridized carbons (Fsp3) is 0.179. The standard InChI is InChI=1S/C28H27ClFN5O3/c1-35(2)11-5-8-27(36)34-24-14-21-23(15-26(24)37-3)31-17-32-28(21)33-20-9-10-25(22(29)13-20)38-16-18-6-4-7-19(30)12-18/h4-10,12-15,17H,11,16H2,1-3H3,(H,34,36)(H,31,32,33). The maximum Gasteiger partial charge on any atom is 0.248 e. The van der Waals surface area contributed by atoms with Gasteiger partial charge in [0.1, 0.15) is 36.1 Å². The highest BCUT2D eigenvalue weighted by Crippen LogP contribution is 2.34. The molecule has 0 unspecified atom stereocenters. The number of fused-ring (bicyclic) bond motifs is 1. The summed E-state index contributed by atoms with van der Waals surface area (Å²) in [5.74, 6) is 0.845. The van der Waals surface area contributed by atoms with Crippen LogP contribution in [0.1, 0.15) is 5.56 Å². The largest absolute Gasteiger partial charge is 0.494 e. The second-order valence-corrected chi connectivity index (χ2v) is 9.04. The van der Waals surface area contributed by atoms with Crippen molar-refractivity contribution >= 4 is 45.6 Å². The predicted octanol–water partition coefficient (Wildman–Crippen LogP) is 5.81. The van der Waals surface area contributed by atoms with Gasteiger partial charge < -0.3 is 25.0 Å². The number of nitrogens with one attached hydrogen (secondary N) is 2. The van der Waals surface area contributed by atoms with Crippen molar-refractivity contribution in [2.75, 3.05) is 38.4 Å². The van der Waals surface area contributed by atoms with Crippen molar-refractivity contribution in [3.63, 3.8) is 0 Å². The topological polar surface area (TPSA) is 88.6 Å². The van der Waals surface area contributed by atoms with E-state index in [0.717, 1.165) is 0 Å². The van der Waals surface area contributed by atoms with Crippen molar-refractivity contribution < 1.29 is 18.7 Å². The molecule has 1 aromatic heterocycles. The molecule has 3 aromatic carbocycles. The first-order chi connectivity index (χ1) is 18.3. The fourth-order valence-electron chi connectivity index (χ4n) is 3.62. The number of carbonyl (C=O) groups excluding carboxylic acids is 1. The van der Waals surface area contributed by atoms with Gasteiger partial charge in [-0.25, -0.2) is 14.4 Å². The van der Waals surface area contributed by atoms with Crippen molar-refractivity contribution in [1.29, 1.82) is 0 Å². The third-order valence-corrected chi connectivity index (χ3v) is 5.73. The molecule has 38 heavy (non-hydrogen) atoms. The summed E-state index contributed by atoms with van der Waals surface area (Å²) < 4.78 is 24.6. The van der Waals surface area contributed by atoms with E-state index < -0.39 is 0 Å². The van der Waals surface area contributed by atoms with Gasteiger partial charge in [0.15, 0.2) is 0 Å². The third-order valence-electron chi connectivity index (χ3n) is 5.43. The van der Waals surface area contributed by atoms with E-state index in [1.165, 1.54) is 31.6 Å². The van der Waals surface area contributed by atoms with Gasteiger partial charge in [-0.05, 0) is 56.1 Å². The lowest BCUT2D eigenvalue weighted by atomic mass is 10.1. The minimum atomic E-state index is -0.324. The zero-order valence-corrected chi connectivity index (χ0v) is 21.9. The molecule has 0 saturated heterocycles. The van der Waals surface area contributed by atoms with Gasteiger partial charge in [-0.3, -0.25) is 4.79 Å². The van der Waals surface area contributed by atoms with Crippen molar-refractivity contribution in [2.45, 2.75) is 6.61 Å². The lowest BCUT2D eigenvalue weighted by Crippen LogP contribution is -2.13. The van der Waals surface area contributed by atoms with Gasteiger partial charge in [-0.1, -0.05) is 29.8 Å². The number of methoxy groups -OCH3 is 1. The molecule has 196 valence electrons. The molecule has 4 rings (SSSR count). The van der Waals surface area contributed by atoms with Crippen LogP contribution in [-0.4, -0.2) is 48.5 Å². The van der Waals surface area contributed by atoms with Crippen LogP contribution in [0, 0.1) is 5.82 Å². The number of ether oxygens (including phenoxy) is 2. The van der Waals surface area contributed by atoms with Gasteiger partial charge in [-0.2, -0.15) is 0 Å². The molecule has 1 heterocycles. The number of nitrogens with zero attached hydrogens (tertiary/aromatic N) is 3. The van der Waals surface area contributed by atoms with Crippen molar-refractivity contribution in [3.05, 3.63) is 89.5 Å². The summed E-state index contributed by atoms with van der Waals surface area (Å²) in [5.41, 5.74) is 2.47. The molecule has 0 fully saturated rings. The molecule has 0 radical (unpaired) electrons. The van der Waals surface area contributed by atoms with Crippen molar-refractivity contribution in [1.82, 2.24) is 14.9 Å². The molecule has 4 aromatic rings. The van der Waals surface area contributed by atoms with Gasteiger partial charge in [0.25, 0.3) is 0 Å². The maximum atomic E-state index is 13.4. The van der Waals surface area contributed by atoms with E-state index in [2.05, 4.69) is 20.6 Å². The smallest absolute Gasteiger partial charge is 0.248 e. The number of aromatic nitrogens is 2. The predicted molar refractivity (Wildman–Crippen MR) is 148 cm³/mol. The molecule has 10 heteroatoms. The number of likely N-dealkylation sites (N-methyl/N-ethyl adjacent to an activating group) is 1. The van der Waals surface area contributed by atoms with Crippen LogP contribution in [0.3, 0.4) is 0 Å². The van der Waals surface area contributed by atoms with E-state index in [1.54, 1.807) is 48.5 Å². The summed E-state index contributed by atoms with van der Waals surface area (Å²) >= 11 is 6.45. The molecule has 0 spiro atoms. The van der Waals surface area contributed by atoms with Gasteiger partial charge in [-0.15, -0.1) is 0 Å². The van der Waals surface area contributed by atoms with E-state index in [1.807, 2.05) is 19.0 Å². The van der Waals surface area contributed by atoms with Crippen LogP contribution in [0.2, 0.25) is 5.02 Å². The summed E-state index contributed by atoms with van der Waals surface area (Å²) in [5, 5.41) is 7.15. The zero-order chi connectivity index (χ0) is 27.1. The average molecular weight is 536 g/mol. The number of amides is 1. The Kier molecular flexibility index (Phi) is 8.73. The molecule has 8 nitrogen and oxygen atoms in total. The number of hydrogen-bond donors (Lipinski definition) is 2. The normalized spacial score (nSPS) is 11.2. The molecule has 0 bridgehead atoms. The number of rotatable bonds is 10. The number of halogens is 2. The van der Waals surface area contributed by atoms with Crippen molar-refractivity contribution in [2.24, 2.45) is 0 Å². The first kappa shape index (κ1) is 26.8. The summed E-state index contributed by atoms with van der Waals surface area (Å²) in [6, 6.07) is 14.9. The Labute approximate surface area is 225 Å². The Morgan fingerprint density at radius 3 is 2.68 bits per heavy atom. The Hall–Kier alpha value is -4.21. The highest BCUT2D eigenvalue weighted by atomic mass is 35.5. The molecule has 0 aliphatic carbocycles. The van der Waals surface area contributed by atoms with Crippen LogP contribution < -0.4 is 20.1 Å². The van der Waals surface area contributed by atoms with Gasteiger partial charge in [0.05, 0.1) is 23.3 Å².